The fraction of sp³-hybridized carbons (Fsp3) is 0.250. The van der Waals surface area contributed by atoms with Crippen molar-refractivity contribution in [2.24, 2.45) is 0 Å². The molecule has 1 aromatic rings. The Morgan fingerprint density at radius 2 is 1.88 bits per heavy atom. The molecule has 1 rings (SSSR count). The summed E-state index contributed by atoms with van der Waals surface area (Å²) >= 11 is 0. The zero-order chi connectivity index (χ0) is 12.5. The first-order chi connectivity index (χ1) is 7.29. The molecule has 0 aromatic carbocycles. The van der Waals surface area contributed by atoms with E-state index in [4.69, 9.17) is 0 Å². The lowest BCUT2D eigenvalue weighted by Crippen LogP contribution is -2.16. The molecule has 0 aliphatic carbocycles. The van der Waals surface area contributed by atoms with Gasteiger partial charge < -0.3 is 0 Å². The van der Waals surface area contributed by atoms with E-state index >= 15 is 0 Å². The highest BCUT2D eigenvalue weighted by Crippen LogP contribution is 2.38. The van der Waals surface area contributed by atoms with Gasteiger partial charge in [0.2, 0.25) is 5.95 Å². The third-order valence-corrected chi connectivity index (χ3v) is 1.73. The van der Waals surface area contributed by atoms with E-state index in [1.165, 1.54) is 0 Å². The van der Waals surface area contributed by atoms with Gasteiger partial charge in [0.25, 0.3) is 6.43 Å². The Morgan fingerprint density at radius 3 is 2.25 bits per heavy atom. The van der Waals surface area contributed by atoms with Gasteiger partial charge in [-0.15, -0.1) is 0 Å². The number of aromatic nitrogens is 1. The molecule has 88 valence electrons. The maximum absolute atomic E-state index is 12.7. The molecule has 0 amide bonds. The second kappa shape index (κ2) is 4.11. The summed E-state index contributed by atoms with van der Waals surface area (Å²) in [7, 11) is 0. The number of hydrogen-bond donors (Lipinski definition) is 0. The van der Waals surface area contributed by atoms with Crippen molar-refractivity contribution in [2.75, 3.05) is 0 Å². The van der Waals surface area contributed by atoms with E-state index in [-0.39, 0.29) is 6.29 Å². The first-order valence-electron chi connectivity index (χ1n) is 3.78. The van der Waals surface area contributed by atoms with Gasteiger partial charge in [-0.3, -0.25) is 4.79 Å². The minimum absolute atomic E-state index is 0.233. The molecule has 0 N–H and O–H groups in total. The first-order valence-corrected chi connectivity index (χ1v) is 3.78. The van der Waals surface area contributed by atoms with Gasteiger partial charge in [-0.05, 0) is 0 Å². The van der Waals surface area contributed by atoms with E-state index in [1.54, 1.807) is 0 Å². The monoisotopic (exact) mass is 243 g/mol. The minimum atomic E-state index is -5.33. The van der Waals surface area contributed by atoms with Gasteiger partial charge in [-0.2, -0.15) is 17.6 Å². The van der Waals surface area contributed by atoms with Crippen molar-refractivity contribution in [1.82, 2.24) is 4.98 Å². The summed E-state index contributed by atoms with van der Waals surface area (Å²) in [5, 5.41) is 0. The van der Waals surface area contributed by atoms with Gasteiger partial charge in [-0.25, -0.2) is 13.8 Å². The summed E-state index contributed by atoms with van der Waals surface area (Å²) in [6, 6.07) is 0. The van der Waals surface area contributed by atoms with Crippen LogP contribution in [0.15, 0.2) is 6.20 Å². The Labute approximate surface area is 84.9 Å². The molecule has 0 fully saturated rings. The van der Waals surface area contributed by atoms with Crippen molar-refractivity contribution >= 4 is 6.29 Å². The third kappa shape index (κ3) is 2.15. The highest BCUT2D eigenvalue weighted by Gasteiger charge is 2.41. The largest absolute Gasteiger partial charge is 0.421 e. The topological polar surface area (TPSA) is 30.0 Å². The number of rotatable bonds is 2. The highest BCUT2D eigenvalue weighted by molar-refractivity contribution is 5.77. The Morgan fingerprint density at radius 1 is 1.31 bits per heavy atom. The number of carbonyl (C=O) groups excluding carboxylic acids is 1. The number of hydrogen-bond acceptors (Lipinski definition) is 2. The molecular weight excluding hydrogens is 240 g/mol. The van der Waals surface area contributed by atoms with Crippen LogP contribution in [-0.2, 0) is 6.18 Å². The maximum Gasteiger partial charge on any atom is 0.421 e. The summed E-state index contributed by atoms with van der Waals surface area (Å²) in [5.74, 6) is -2.08. The van der Waals surface area contributed by atoms with Crippen LogP contribution in [0.2, 0.25) is 0 Å². The molecule has 1 aromatic heterocycles. The quantitative estimate of drug-likeness (QED) is 0.454. The SMILES string of the molecule is O=Cc1cnc(F)c(C(F)(F)F)c1C(F)F. The predicted octanol–water partition coefficient (Wildman–Crippen LogP) is 2.99. The molecule has 1 heterocycles. The first kappa shape index (κ1) is 12.5. The average Bonchev–Trinajstić information content (AvgIpc) is 2.15. The molecule has 2 nitrogen and oxygen atoms in total. The smallest absolute Gasteiger partial charge is 0.298 e. The fourth-order valence-electron chi connectivity index (χ4n) is 1.11. The Balaban J connectivity index is 3.61. The zero-order valence-corrected chi connectivity index (χ0v) is 7.36. The molecule has 0 aliphatic heterocycles. The minimum Gasteiger partial charge on any atom is -0.298 e. The number of carbonyl (C=O) groups is 1. The van der Waals surface area contributed by atoms with Crippen LogP contribution >= 0.6 is 0 Å². The lowest BCUT2D eigenvalue weighted by Gasteiger charge is -2.13. The summed E-state index contributed by atoms with van der Waals surface area (Å²) < 4.78 is 74.2. The van der Waals surface area contributed by atoms with Gasteiger partial charge in [0, 0.05) is 17.3 Å². The molecule has 0 saturated heterocycles. The second-order valence-electron chi connectivity index (χ2n) is 2.71. The lowest BCUT2D eigenvalue weighted by molar-refractivity contribution is -0.142. The summed E-state index contributed by atoms with van der Waals surface area (Å²) in [6.07, 6.45) is -8.85. The molecule has 0 spiro atoms. The molecule has 0 atom stereocenters. The Hall–Kier alpha value is -1.60. The van der Waals surface area contributed by atoms with E-state index < -0.39 is 35.2 Å². The van der Waals surface area contributed by atoms with Crippen molar-refractivity contribution in [3.8, 4) is 0 Å². The van der Waals surface area contributed by atoms with E-state index in [0.717, 1.165) is 0 Å². The highest BCUT2D eigenvalue weighted by atomic mass is 19.4. The van der Waals surface area contributed by atoms with Crippen molar-refractivity contribution in [3.63, 3.8) is 0 Å². The maximum atomic E-state index is 12.7. The summed E-state index contributed by atoms with van der Waals surface area (Å²) in [6.45, 7) is 0. The van der Waals surface area contributed by atoms with Crippen molar-refractivity contribution in [1.29, 1.82) is 0 Å². The molecular formula is C8H3F6NO. The van der Waals surface area contributed by atoms with Crippen LogP contribution in [0.25, 0.3) is 0 Å². The number of halogens is 6. The van der Waals surface area contributed by atoms with E-state index in [1.807, 2.05) is 0 Å². The van der Waals surface area contributed by atoms with Crippen LogP contribution < -0.4 is 0 Å². The molecule has 8 heteroatoms. The number of nitrogens with zero attached hydrogens (tertiary/aromatic N) is 1. The van der Waals surface area contributed by atoms with Crippen molar-refractivity contribution in [2.45, 2.75) is 12.6 Å². The van der Waals surface area contributed by atoms with Gasteiger partial charge in [0.1, 0.15) is 5.56 Å². The average molecular weight is 243 g/mol. The van der Waals surface area contributed by atoms with E-state index in [9.17, 15) is 31.1 Å². The van der Waals surface area contributed by atoms with Crippen LogP contribution in [0.1, 0.15) is 27.9 Å². The molecule has 0 radical (unpaired) electrons. The molecule has 16 heavy (non-hydrogen) atoms. The number of pyridine rings is 1. The molecule has 0 bridgehead atoms. The predicted molar refractivity (Wildman–Crippen MR) is 39.5 cm³/mol. The van der Waals surface area contributed by atoms with Crippen molar-refractivity contribution in [3.05, 3.63) is 28.8 Å². The molecule has 0 aliphatic rings. The summed E-state index contributed by atoms with van der Waals surface area (Å²) in [5.41, 5.74) is -4.87. The summed E-state index contributed by atoms with van der Waals surface area (Å²) in [4.78, 5) is 12.9. The van der Waals surface area contributed by atoms with E-state index in [0.29, 0.717) is 6.20 Å². The van der Waals surface area contributed by atoms with Crippen LogP contribution in [0.4, 0.5) is 26.3 Å². The third-order valence-electron chi connectivity index (χ3n) is 1.73. The Kier molecular flexibility index (Phi) is 3.20. The molecule has 0 unspecified atom stereocenters. The lowest BCUT2D eigenvalue weighted by atomic mass is 10.0. The normalized spacial score (nSPS) is 11.9. The van der Waals surface area contributed by atoms with Gasteiger partial charge in [-0.1, -0.05) is 0 Å². The standard InChI is InChI=1S/C8H3F6NO/c9-6(10)4-3(2-16)1-15-7(11)5(4)8(12,13)14/h1-2,6H. The number of alkyl halides is 5. The van der Waals surface area contributed by atoms with Crippen LogP contribution in [-0.4, -0.2) is 11.3 Å². The van der Waals surface area contributed by atoms with Gasteiger partial charge in [0.15, 0.2) is 6.29 Å². The van der Waals surface area contributed by atoms with Crippen LogP contribution in [0.3, 0.4) is 0 Å². The Bertz CT molecular complexity index is 414. The fourth-order valence-corrected chi connectivity index (χ4v) is 1.11. The van der Waals surface area contributed by atoms with Gasteiger partial charge in [0.05, 0.1) is 0 Å². The van der Waals surface area contributed by atoms with Crippen LogP contribution in [0.5, 0.6) is 0 Å². The second-order valence-corrected chi connectivity index (χ2v) is 2.71. The number of aldehydes is 1. The van der Waals surface area contributed by atoms with Crippen LogP contribution in [0, 0.1) is 5.95 Å². The van der Waals surface area contributed by atoms with E-state index in [2.05, 4.69) is 4.98 Å². The zero-order valence-electron chi connectivity index (χ0n) is 7.36. The molecule has 0 saturated carbocycles. The van der Waals surface area contributed by atoms with Crippen molar-refractivity contribution < 1.29 is 31.1 Å². The van der Waals surface area contributed by atoms with Gasteiger partial charge >= 0.3 is 6.18 Å².